The largest absolute Gasteiger partial charge is 0.416 e. The van der Waals surface area contributed by atoms with Crippen molar-refractivity contribution < 1.29 is 26.3 Å². The molecule has 0 aliphatic heterocycles. The summed E-state index contributed by atoms with van der Waals surface area (Å²) < 4.78 is 76.6. The molecule has 0 atom stereocenters. The summed E-state index contributed by atoms with van der Waals surface area (Å²) in [5.74, 6) is 0. The molecular formula is C17H13F6N3. The molecule has 0 fully saturated rings. The van der Waals surface area contributed by atoms with E-state index >= 15 is 0 Å². The van der Waals surface area contributed by atoms with E-state index < -0.39 is 23.5 Å². The lowest BCUT2D eigenvalue weighted by Gasteiger charge is -2.12. The molecule has 0 saturated carbocycles. The number of nitrogens with zero attached hydrogens (tertiary/aromatic N) is 2. The molecule has 2 rings (SSSR count). The molecule has 3 nitrogen and oxygen atoms in total. The van der Waals surface area contributed by atoms with Gasteiger partial charge in [-0.2, -0.15) is 36.5 Å². The van der Waals surface area contributed by atoms with Crippen LogP contribution in [-0.4, -0.2) is 19.5 Å². The van der Waals surface area contributed by atoms with Gasteiger partial charge in [-0.05, 0) is 41.5 Å². The van der Waals surface area contributed by atoms with Crippen LogP contribution in [0, 0.1) is 0 Å². The van der Waals surface area contributed by atoms with E-state index in [1.54, 1.807) is 31.3 Å². The third-order valence-corrected chi connectivity index (χ3v) is 3.29. The molecule has 0 spiro atoms. The third kappa shape index (κ3) is 5.33. The van der Waals surface area contributed by atoms with Gasteiger partial charge in [-0.3, -0.25) is 0 Å². The Kier molecular flexibility index (Phi) is 5.69. The van der Waals surface area contributed by atoms with E-state index in [9.17, 15) is 26.3 Å². The zero-order chi connectivity index (χ0) is 19.4. The van der Waals surface area contributed by atoms with Crippen LogP contribution in [0.5, 0.6) is 0 Å². The topological polar surface area (TPSA) is 36.8 Å². The SMILES string of the molecule is CNc1ccc(/C=N/N=C/c2cc(C(F)(F)F)cc(C(F)(F)F)c2)cc1. The van der Waals surface area contributed by atoms with Gasteiger partial charge in [0.2, 0.25) is 0 Å². The summed E-state index contributed by atoms with van der Waals surface area (Å²) in [6, 6.07) is 8.20. The molecule has 0 aliphatic rings. The normalized spacial score (nSPS) is 12.9. The Bertz CT molecular complexity index is 772. The van der Waals surface area contributed by atoms with Gasteiger partial charge in [0.1, 0.15) is 0 Å². The summed E-state index contributed by atoms with van der Waals surface area (Å²) in [4.78, 5) is 0. The molecule has 2 aromatic rings. The average molecular weight is 373 g/mol. The van der Waals surface area contributed by atoms with Gasteiger partial charge in [-0.15, -0.1) is 0 Å². The maximum Gasteiger partial charge on any atom is 0.416 e. The number of benzene rings is 2. The Morgan fingerprint density at radius 3 is 1.62 bits per heavy atom. The molecule has 1 N–H and O–H groups in total. The van der Waals surface area contributed by atoms with E-state index in [1.165, 1.54) is 6.21 Å². The lowest BCUT2D eigenvalue weighted by Crippen LogP contribution is -2.11. The van der Waals surface area contributed by atoms with Crippen molar-refractivity contribution in [1.82, 2.24) is 0 Å². The Labute approximate surface area is 145 Å². The highest BCUT2D eigenvalue weighted by Crippen LogP contribution is 2.36. The second kappa shape index (κ2) is 7.59. The van der Waals surface area contributed by atoms with E-state index in [4.69, 9.17) is 0 Å². The Balaban J connectivity index is 2.24. The minimum atomic E-state index is -4.90. The number of halogens is 6. The van der Waals surface area contributed by atoms with Gasteiger partial charge in [0.15, 0.2) is 0 Å². The van der Waals surface area contributed by atoms with Crippen LogP contribution in [-0.2, 0) is 12.4 Å². The second-order valence-corrected chi connectivity index (χ2v) is 5.20. The molecular weight excluding hydrogens is 360 g/mol. The lowest BCUT2D eigenvalue weighted by molar-refractivity contribution is -0.143. The first-order chi connectivity index (χ1) is 12.1. The lowest BCUT2D eigenvalue weighted by atomic mass is 10.1. The summed E-state index contributed by atoms with van der Waals surface area (Å²) in [7, 11) is 1.75. The molecule has 9 heteroatoms. The monoisotopic (exact) mass is 373 g/mol. The van der Waals surface area contributed by atoms with Crippen molar-refractivity contribution in [1.29, 1.82) is 0 Å². The summed E-state index contributed by atoms with van der Waals surface area (Å²) in [5, 5.41) is 10.1. The fourth-order valence-electron chi connectivity index (χ4n) is 1.99. The van der Waals surface area contributed by atoms with E-state index in [2.05, 4.69) is 15.5 Å². The van der Waals surface area contributed by atoms with E-state index in [-0.39, 0.29) is 11.6 Å². The van der Waals surface area contributed by atoms with Crippen molar-refractivity contribution in [2.24, 2.45) is 10.2 Å². The Morgan fingerprint density at radius 2 is 1.19 bits per heavy atom. The quantitative estimate of drug-likeness (QED) is 0.445. The summed E-state index contributed by atoms with van der Waals surface area (Å²) in [5.41, 5.74) is -1.62. The van der Waals surface area contributed by atoms with Gasteiger partial charge >= 0.3 is 12.4 Å². The molecule has 138 valence electrons. The van der Waals surface area contributed by atoms with E-state index in [1.807, 2.05) is 0 Å². The van der Waals surface area contributed by atoms with Crippen LogP contribution in [0.4, 0.5) is 32.0 Å². The van der Waals surface area contributed by atoms with Crippen LogP contribution >= 0.6 is 0 Å². The summed E-state index contributed by atoms with van der Waals surface area (Å²) in [6.45, 7) is 0. The van der Waals surface area contributed by atoms with Crippen LogP contribution in [0.3, 0.4) is 0 Å². The van der Waals surface area contributed by atoms with Crippen LogP contribution in [0.1, 0.15) is 22.3 Å². The van der Waals surface area contributed by atoms with Crippen LogP contribution in [0.15, 0.2) is 52.7 Å². The molecule has 0 heterocycles. The number of alkyl halides is 6. The molecule has 0 unspecified atom stereocenters. The average Bonchev–Trinajstić information content (AvgIpc) is 2.57. The van der Waals surface area contributed by atoms with Crippen molar-refractivity contribution in [2.75, 3.05) is 12.4 Å². The van der Waals surface area contributed by atoms with Crippen LogP contribution in [0.2, 0.25) is 0 Å². The highest BCUT2D eigenvalue weighted by molar-refractivity contribution is 5.83. The van der Waals surface area contributed by atoms with Gasteiger partial charge in [0, 0.05) is 12.7 Å². The molecule has 0 aliphatic carbocycles. The van der Waals surface area contributed by atoms with Crippen LogP contribution < -0.4 is 5.32 Å². The molecule has 0 amide bonds. The predicted molar refractivity (Wildman–Crippen MR) is 87.6 cm³/mol. The van der Waals surface area contributed by atoms with Crippen molar-refractivity contribution in [3.8, 4) is 0 Å². The maximum absolute atomic E-state index is 12.8. The first kappa shape index (κ1) is 19.5. The van der Waals surface area contributed by atoms with Crippen molar-refractivity contribution >= 4 is 18.1 Å². The predicted octanol–water partition coefficient (Wildman–Crippen LogP) is 5.22. The minimum Gasteiger partial charge on any atom is -0.388 e. The maximum atomic E-state index is 12.8. The zero-order valence-corrected chi connectivity index (χ0v) is 13.4. The minimum absolute atomic E-state index is 0.0595. The third-order valence-electron chi connectivity index (χ3n) is 3.29. The van der Waals surface area contributed by atoms with Crippen molar-refractivity contribution in [3.63, 3.8) is 0 Å². The smallest absolute Gasteiger partial charge is 0.388 e. The van der Waals surface area contributed by atoms with Gasteiger partial charge < -0.3 is 5.32 Å². The first-order valence-corrected chi connectivity index (χ1v) is 7.23. The van der Waals surface area contributed by atoms with Gasteiger partial charge in [-0.25, -0.2) is 0 Å². The molecule has 0 bridgehead atoms. The summed E-state index contributed by atoms with van der Waals surface area (Å²) >= 11 is 0. The fraction of sp³-hybridized carbons (Fsp3) is 0.176. The molecule has 26 heavy (non-hydrogen) atoms. The van der Waals surface area contributed by atoms with Gasteiger partial charge in [0.05, 0.1) is 23.6 Å². The van der Waals surface area contributed by atoms with E-state index in [0.29, 0.717) is 17.7 Å². The first-order valence-electron chi connectivity index (χ1n) is 7.23. The molecule has 0 radical (unpaired) electrons. The highest BCUT2D eigenvalue weighted by atomic mass is 19.4. The van der Waals surface area contributed by atoms with Gasteiger partial charge in [0.25, 0.3) is 0 Å². The van der Waals surface area contributed by atoms with Crippen LogP contribution in [0.25, 0.3) is 0 Å². The molecule has 2 aromatic carbocycles. The number of nitrogens with one attached hydrogen (secondary N) is 1. The number of hydrogen-bond acceptors (Lipinski definition) is 3. The highest BCUT2D eigenvalue weighted by Gasteiger charge is 2.36. The van der Waals surface area contributed by atoms with Crippen molar-refractivity contribution in [2.45, 2.75) is 12.4 Å². The van der Waals surface area contributed by atoms with Gasteiger partial charge in [-0.1, -0.05) is 12.1 Å². The van der Waals surface area contributed by atoms with Crippen molar-refractivity contribution in [3.05, 3.63) is 64.7 Å². The second-order valence-electron chi connectivity index (χ2n) is 5.20. The van der Waals surface area contributed by atoms with E-state index in [0.717, 1.165) is 11.9 Å². The number of hydrogen-bond donors (Lipinski definition) is 1. The summed E-state index contributed by atoms with van der Waals surface area (Å²) in [6.07, 6.45) is -7.64. The Hall–Kier alpha value is -2.84. The number of rotatable bonds is 4. The Morgan fingerprint density at radius 1 is 0.731 bits per heavy atom. The molecule has 0 aromatic heterocycles. The fourth-order valence-corrected chi connectivity index (χ4v) is 1.99. The number of anilines is 1. The zero-order valence-electron chi connectivity index (χ0n) is 13.4. The molecule has 0 saturated heterocycles. The standard InChI is InChI=1S/C17H13F6N3/c1-24-15-4-2-11(3-5-15)9-25-26-10-12-6-13(16(18,19)20)8-14(7-12)17(21,22)23/h2-10,24H,1H3/b25-9+,26-10+.